The van der Waals surface area contributed by atoms with Crippen molar-refractivity contribution in [3.63, 3.8) is 0 Å². The molecule has 7 aromatic carbocycles. The minimum atomic E-state index is 0.470. The first-order valence-corrected chi connectivity index (χ1v) is 17.0. The molecule has 0 saturated heterocycles. The van der Waals surface area contributed by atoms with Gasteiger partial charge in [0.15, 0.2) is 23.1 Å². The summed E-state index contributed by atoms with van der Waals surface area (Å²) in [6.45, 7) is 0. The Kier molecular flexibility index (Phi) is 6.76. The van der Waals surface area contributed by atoms with Gasteiger partial charge in [0.1, 0.15) is 22.8 Å². The van der Waals surface area contributed by atoms with Crippen molar-refractivity contribution in [2.45, 2.75) is 0 Å². The molecule has 52 heavy (non-hydrogen) atoms. The molecule has 242 valence electrons. The molecule has 0 radical (unpaired) electrons. The summed E-state index contributed by atoms with van der Waals surface area (Å²) in [7, 11) is 0. The first-order chi connectivity index (χ1) is 25.7. The van der Waals surface area contributed by atoms with Crippen LogP contribution in [0.15, 0.2) is 167 Å². The zero-order valence-electron chi connectivity index (χ0n) is 27.6. The van der Waals surface area contributed by atoms with E-state index < -0.39 is 0 Å². The van der Waals surface area contributed by atoms with E-state index >= 15 is 0 Å². The minimum absolute atomic E-state index is 0.470. The highest BCUT2D eigenvalue weighted by Crippen LogP contribution is 2.40. The van der Waals surface area contributed by atoms with E-state index in [-0.39, 0.29) is 0 Å². The smallest absolute Gasteiger partial charge is 0.167 e. The van der Waals surface area contributed by atoms with E-state index in [1.165, 1.54) is 5.56 Å². The second kappa shape index (κ2) is 11.9. The number of rotatable bonds is 5. The van der Waals surface area contributed by atoms with Crippen LogP contribution >= 0.6 is 0 Å². The molecule has 6 heteroatoms. The average molecular weight is 667 g/mol. The summed E-state index contributed by atoms with van der Waals surface area (Å²) in [5.41, 5.74) is 10.1. The molecule has 3 aromatic heterocycles. The lowest BCUT2D eigenvalue weighted by atomic mass is 9.96. The van der Waals surface area contributed by atoms with Crippen LogP contribution in [0.25, 0.3) is 100 Å². The average Bonchev–Trinajstić information content (AvgIpc) is 3.80. The van der Waals surface area contributed by atoms with Gasteiger partial charge < -0.3 is 8.83 Å². The van der Waals surface area contributed by atoms with Gasteiger partial charge in [-0.1, -0.05) is 121 Å². The maximum atomic E-state index is 9.77. The molecule has 0 fully saturated rings. The van der Waals surface area contributed by atoms with Gasteiger partial charge in [0.05, 0.1) is 11.1 Å². The fraction of sp³-hybridized carbons (Fsp3) is 0. The monoisotopic (exact) mass is 666 g/mol. The summed E-state index contributed by atoms with van der Waals surface area (Å²) in [5, 5.41) is 13.6. The molecule has 0 aliphatic carbocycles. The molecule has 0 saturated carbocycles. The quantitative estimate of drug-likeness (QED) is 0.182. The van der Waals surface area contributed by atoms with Crippen molar-refractivity contribution in [1.29, 1.82) is 5.26 Å². The highest BCUT2D eigenvalue weighted by atomic mass is 16.3. The Morgan fingerprint density at radius 1 is 0.404 bits per heavy atom. The molecule has 0 aliphatic rings. The lowest BCUT2D eigenvalue weighted by molar-refractivity contribution is 0.668. The van der Waals surface area contributed by atoms with Gasteiger partial charge in [-0.15, -0.1) is 0 Å². The van der Waals surface area contributed by atoms with Gasteiger partial charge in [0.25, 0.3) is 0 Å². The summed E-state index contributed by atoms with van der Waals surface area (Å²) < 4.78 is 12.9. The highest BCUT2D eigenvalue weighted by Gasteiger charge is 2.20. The molecule has 0 spiro atoms. The Morgan fingerprint density at radius 2 is 1.04 bits per heavy atom. The van der Waals surface area contributed by atoms with Crippen LogP contribution in [0.1, 0.15) is 5.56 Å². The number of aromatic nitrogens is 3. The van der Waals surface area contributed by atoms with Crippen molar-refractivity contribution in [3.8, 4) is 62.5 Å². The topological polar surface area (TPSA) is 88.7 Å². The summed E-state index contributed by atoms with van der Waals surface area (Å²) >= 11 is 0. The SMILES string of the molecule is N#Cc1cccc2c1oc1c(-c3nc(-c4ccccc4)nc(-c4ccc5c(c4)oc4cccc(-c6cccc(-c7ccccc7)c6)c45)n3)cccc12. The Labute approximate surface area is 297 Å². The number of furan rings is 2. The molecule has 0 bridgehead atoms. The second-order valence-corrected chi connectivity index (χ2v) is 12.7. The predicted molar refractivity (Wildman–Crippen MR) is 206 cm³/mol. The molecule has 0 aliphatic heterocycles. The summed E-state index contributed by atoms with van der Waals surface area (Å²) in [4.78, 5) is 15.0. The number of benzene rings is 7. The Morgan fingerprint density at radius 3 is 1.85 bits per heavy atom. The van der Waals surface area contributed by atoms with Crippen molar-refractivity contribution in [3.05, 3.63) is 163 Å². The van der Waals surface area contributed by atoms with E-state index in [1.54, 1.807) is 6.07 Å². The number of nitriles is 1. The van der Waals surface area contributed by atoms with E-state index in [1.807, 2.05) is 91.0 Å². The largest absolute Gasteiger partial charge is 0.456 e. The van der Waals surface area contributed by atoms with E-state index in [9.17, 15) is 5.26 Å². The molecule has 10 rings (SSSR count). The number of para-hydroxylation sites is 2. The maximum absolute atomic E-state index is 9.77. The first kappa shape index (κ1) is 29.5. The van der Waals surface area contributed by atoms with Crippen LogP contribution < -0.4 is 0 Å². The molecule has 0 N–H and O–H groups in total. The summed E-state index contributed by atoms with van der Waals surface area (Å²) in [6.07, 6.45) is 0. The van der Waals surface area contributed by atoms with Crippen molar-refractivity contribution < 1.29 is 8.83 Å². The van der Waals surface area contributed by atoms with Gasteiger partial charge in [-0.05, 0) is 58.7 Å². The van der Waals surface area contributed by atoms with Crippen molar-refractivity contribution >= 4 is 43.9 Å². The zero-order chi connectivity index (χ0) is 34.6. The Hall–Kier alpha value is -7.36. The van der Waals surface area contributed by atoms with Crippen LogP contribution in [0.5, 0.6) is 0 Å². The molecule has 6 nitrogen and oxygen atoms in total. The van der Waals surface area contributed by atoms with E-state index in [2.05, 4.69) is 66.7 Å². The van der Waals surface area contributed by atoms with Crippen LogP contribution in [0, 0.1) is 11.3 Å². The highest BCUT2D eigenvalue weighted by molar-refractivity contribution is 6.13. The molecule has 0 unspecified atom stereocenters. The molecule has 0 atom stereocenters. The van der Waals surface area contributed by atoms with Crippen LogP contribution in [0.3, 0.4) is 0 Å². The van der Waals surface area contributed by atoms with Crippen molar-refractivity contribution in [2.75, 3.05) is 0 Å². The van der Waals surface area contributed by atoms with Crippen LogP contribution in [-0.2, 0) is 0 Å². The Balaban J connectivity index is 1.14. The number of fused-ring (bicyclic) bond motifs is 6. The lowest BCUT2D eigenvalue weighted by Gasteiger charge is -2.09. The van der Waals surface area contributed by atoms with Gasteiger partial charge >= 0.3 is 0 Å². The van der Waals surface area contributed by atoms with E-state index in [0.29, 0.717) is 39.8 Å². The van der Waals surface area contributed by atoms with Gasteiger partial charge in [-0.3, -0.25) is 0 Å². The molecule has 0 amide bonds. The molecule has 10 aromatic rings. The van der Waals surface area contributed by atoms with Gasteiger partial charge in [0, 0.05) is 32.7 Å². The molecular formula is C46H26N4O2. The van der Waals surface area contributed by atoms with E-state index in [0.717, 1.165) is 60.5 Å². The van der Waals surface area contributed by atoms with Crippen LogP contribution in [-0.4, -0.2) is 15.0 Å². The Bertz CT molecular complexity index is 3030. The standard InChI is InChI=1S/C46H26N4O2/c47-27-33-17-8-19-35-36-20-9-21-38(43(36)52-42(33)35)46-49-44(29-13-5-2-6-14-29)48-45(50-46)32-23-24-37-40(26-32)51-39-22-10-18-34(41(37)39)31-16-7-15-30(25-31)28-11-3-1-4-12-28/h1-26H. The number of hydrogen-bond acceptors (Lipinski definition) is 6. The third kappa shape index (κ3) is 4.84. The lowest BCUT2D eigenvalue weighted by Crippen LogP contribution is -2.00. The van der Waals surface area contributed by atoms with E-state index in [4.69, 9.17) is 23.8 Å². The van der Waals surface area contributed by atoms with Gasteiger partial charge in [-0.25, -0.2) is 15.0 Å². The summed E-state index contributed by atoms with van der Waals surface area (Å²) in [6, 6.07) is 55.0. The minimum Gasteiger partial charge on any atom is -0.456 e. The number of hydrogen-bond donors (Lipinski definition) is 0. The first-order valence-electron chi connectivity index (χ1n) is 17.0. The second-order valence-electron chi connectivity index (χ2n) is 12.7. The maximum Gasteiger partial charge on any atom is 0.167 e. The van der Waals surface area contributed by atoms with Gasteiger partial charge in [0.2, 0.25) is 0 Å². The summed E-state index contributed by atoms with van der Waals surface area (Å²) in [5.74, 6) is 1.52. The molecular weight excluding hydrogens is 641 g/mol. The molecule has 3 heterocycles. The van der Waals surface area contributed by atoms with Crippen LogP contribution in [0.4, 0.5) is 0 Å². The fourth-order valence-electron chi connectivity index (χ4n) is 7.13. The van der Waals surface area contributed by atoms with Crippen LogP contribution in [0.2, 0.25) is 0 Å². The third-order valence-electron chi connectivity index (χ3n) is 9.59. The van der Waals surface area contributed by atoms with Crippen molar-refractivity contribution in [2.24, 2.45) is 0 Å². The zero-order valence-corrected chi connectivity index (χ0v) is 27.6. The fourth-order valence-corrected chi connectivity index (χ4v) is 7.13. The van der Waals surface area contributed by atoms with Gasteiger partial charge in [-0.2, -0.15) is 5.26 Å². The third-order valence-corrected chi connectivity index (χ3v) is 9.59. The normalized spacial score (nSPS) is 11.4. The van der Waals surface area contributed by atoms with Crippen molar-refractivity contribution in [1.82, 2.24) is 15.0 Å². The number of nitrogens with zero attached hydrogens (tertiary/aromatic N) is 4. The predicted octanol–water partition coefficient (Wildman–Crippen LogP) is 11.9.